The van der Waals surface area contributed by atoms with Crippen LogP contribution in [0.2, 0.25) is 0 Å². The zero-order valence-electron chi connectivity index (χ0n) is 33.3. The number of anilines is 2. The lowest BCUT2D eigenvalue weighted by molar-refractivity contribution is -0.131. The summed E-state index contributed by atoms with van der Waals surface area (Å²) in [6, 6.07) is 30.1. The van der Waals surface area contributed by atoms with E-state index in [1.54, 1.807) is 4.57 Å². The first-order valence-electron chi connectivity index (χ1n) is 19.9. The fourth-order valence-corrected chi connectivity index (χ4v) is 8.71. The van der Waals surface area contributed by atoms with Gasteiger partial charge in [0, 0.05) is 80.1 Å². The summed E-state index contributed by atoms with van der Waals surface area (Å²) in [5.41, 5.74) is 12.2. The van der Waals surface area contributed by atoms with Gasteiger partial charge in [-0.05, 0) is 123 Å². The number of carbonyl (C=O) groups excluding carboxylic acids is 3. The van der Waals surface area contributed by atoms with E-state index in [0.29, 0.717) is 43.7 Å². The monoisotopic (exact) mass is 748 g/mol. The summed E-state index contributed by atoms with van der Waals surface area (Å²) < 4.78 is 1.73. The van der Waals surface area contributed by atoms with E-state index in [-0.39, 0.29) is 23.9 Å². The van der Waals surface area contributed by atoms with Crippen LogP contribution in [0.5, 0.6) is 0 Å². The minimum atomic E-state index is -0.273. The molecule has 9 heteroatoms. The minimum absolute atomic E-state index is 0.0141. The van der Waals surface area contributed by atoms with Gasteiger partial charge in [0.25, 0.3) is 5.91 Å². The molecule has 0 spiro atoms. The molecule has 5 aromatic rings. The molecule has 1 atom stereocenters. The van der Waals surface area contributed by atoms with Crippen molar-refractivity contribution in [1.29, 1.82) is 0 Å². The number of nitrogens with zero attached hydrogens (tertiary/aromatic N) is 5. The lowest BCUT2D eigenvalue weighted by Gasteiger charge is -2.36. The van der Waals surface area contributed by atoms with E-state index in [9.17, 15) is 9.59 Å². The molecule has 1 saturated heterocycles. The normalized spacial score (nSPS) is 17.0. The van der Waals surface area contributed by atoms with E-state index in [4.69, 9.17) is 0 Å². The standard InChI is InChI=1S/C47H52N6O3/c1-31-25-36-11-9-10-12-38(36)30-52(31)46(55)43-28-39-29-51(44(54)26-35-15-17-41(18-16-35)50-23-21-49(5)22-24-50)20-19-37(39)27-42(43)45-33(3)32(2)34(4)53(45)47(56)48-40-13-7-6-8-14-40/h6-18,27-28,31H,19-26,29-30H2,1-5H3,(H,48,56)/t31-/m1/s1. The second kappa shape index (κ2) is 15.5. The summed E-state index contributed by atoms with van der Waals surface area (Å²) in [6.45, 7) is 13.8. The van der Waals surface area contributed by atoms with Gasteiger partial charge in [-0.3, -0.25) is 14.2 Å². The molecule has 288 valence electrons. The molecule has 0 bridgehead atoms. The van der Waals surface area contributed by atoms with Crippen LogP contribution in [0.15, 0.2) is 91.0 Å². The number of hydrogen-bond donors (Lipinski definition) is 1. The predicted octanol–water partition coefficient (Wildman–Crippen LogP) is 7.63. The van der Waals surface area contributed by atoms with Crippen molar-refractivity contribution >= 4 is 29.2 Å². The summed E-state index contributed by atoms with van der Waals surface area (Å²) in [7, 11) is 2.16. The Bertz CT molecular complexity index is 2290. The SMILES string of the molecule is Cc1c(C)c(-c2cc3c(cc2C(=O)N2Cc4ccccc4C[C@H]2C)CN(C(=O)Cc2ccc(N4CCN(C)CC4)cc2)CC3)n(C(=O)Nc2ccccc2)c1C. The van der Waals surface area contributed by atoms with Crippen LogP contribution >= 0.6 is 0 Å². The van der Waals surface area contributed by atoms with Gasteiger partial charge in [-0.15, -0.1) is 0 Å². The van der Waals surface area contributed by atoms with Gasteiger partial charge in [-0.2, -0.15) is 0 Å². The van der Waals surface area contributed by atoms with Crippen LogP contribution in [-0.4, -0.2) is 82.9 Å². The first kappa shape index (κ1) is 37.3. The van der Waals surface area contributed by atoms with Gasteiger partial charge in [-0.1, -0.05) is 54.6 Å². The Morgan fingerprint density at radius 1 is 0.732 bits per heavy atom. The second-order valence-corrected chi connectivity index (χ2v) is 15.9. The van der Waals surface area contributed by atoms with E-state index in [0.717, 1.165) is 82.9 Å². The van der Waals surface area contributed by atoms with Crippen LogP contribution in [0.4, 0.5) is 16.2 Å². The number of aromatic nitrogens is 1. The Balaban J connectivity index is 1.13. The molecule has 3 amide bonds. The highest BCUT2D eigenvalue weighted by atomic mass is 16.2. The smallest absolute Gasteiger partial charge is 0.330 e. The zero-order valence-corrected chi connectivity index (χ0v) is 33.3. The average Bonchev–Trinajstić information content (AvgIpc) is 3.44. The number of nitrogens with one attached hydrogen (secondary N) is 1. The van der Waals surface area contributed by atoms with E-state index < -0.39 is 0 Å². The Labute approximate surface area is 330 Å². The molecule has 1 fully saturated rings. The first-order valence-corrected chi connectivity index (χ1v) is 19.9. The molecule has 0 unspecified atom stereocenters. The van der Waals surface area contributed by atoms with Gasteiger partial charge in [0.1, 0.15) is 0 Å². The van der Waals surface area contributed by atoms with Crippen molar-refractivity contribution in [3.63, 3.8) is 0 Å². The van der Waals surface area contributed by atoms with Crippen molar-refractivity contribution in [3.05, 3.63) is 141 Å². The lowest BCUT2D eigenvalue weighted by atomic mass is 9.89. The third-order valence-electron chi connectivity index (χ3n) is 12.4. The number of benzene rings is 4. The van der Waals surface area contributed by atoms with Crippen molar-refractivity contribution in [3.8, 4) is 11.3 Å². The number of likely N-dealkylation sites (N-methyl/N-ethyl adjacent to an activating group) is 1. The van der Waals surface area contributed by atoms with E-state index >= 15 is 4.79 Å². The summed E-state index contributed by atoms with van der Waals surface area (Å²) in [5, 5.41) is 3.08. The summed E-state index contributed by atoms with van der Waals surface area (Å²) in [4.78, 5) is 51.7. The number of para-hydroxylation sites is 1. The molecule has 3 aliphatic heterocycles. The van der Waals surface area contributed by atoms with Crippen molar-refractivity contribution in [2.24, 2.45) is 0 Å². The van der Waals surface area contributed by atoms with Gasteiger partial charge >= 0.3 is 6.03 Å². The predicted molar refractivity (Wildman–Crippen MR) is 223 cm³/mol. The number of piperazine rings is 1. The molecule has 4 heterocycles. The third-order valence-corrected chi connectivity index (χ3v) is 12.4. The molecule has 0 radical (unpaired) electrons. The maximum Gasteiger partial charge on any atom is 0.330 e. The van der Waals surface area contributed by atoms with Gasteiger partial charge in [0.15, 0.2) is 0 Å². The summed E-state index contributed by atoms with van der Waals surface area (Å²) in [5.74, 6) is 0.00869. The van der Waals surface area contributed by atoms with Crippen molar-refractivity contribution in [1.82, 2.24) is 19.3 Å². The number of hydrogen-bond acceptors (Lipinski definition) is 5. The topological polar surface area (TPSA) is 81.1 Å². The van der Waals surface area contributed by atoms with Crippen molar-refractivity contribution in [2.75, 3.05) is 50.0 Å². The maximum absolute atomic E-state index is 15.0. The number of carbonyl (C=O) groups is 3. The maximum atomic E-state index is 15.0. The molecule has 1 aromatic heterocycles. The fourth-order valence-electron chi connectivity index (χ4n) is 8.71. The van der Waals surface area contributed by atoms with E-state index in [1.165, 1.54) is 11.3 Å². The molecule has 56 heavy (non-hydrogen) atoms. The molecule has 0 aliphatic carbocycles. The van der Waals surface area contributed by atoms with Crippen LogP contribution in [0.3, 0.4) is 0 Å². The molecular weight excluding hydrogens is 697 g/mol. The molecule has 0 saturated carbocycles. The van der Waals surface area contributed by atoms with Crippen molar-refractivity contribution in [2.45, 2.75) is 66.1 Å². The zero-order chi connectivity index (χ0) is 39.1. The van der Waals surface area contributed by atoms with E-state index in [1.807, 2.05) is 73.0 Å². The van der Waals surface area contributed by atoms with Crippen LogP contribution in [0.25, 0.3) is 11.3 Å². The molecule has 1 N–H and O–H groups in total. The molecule has 8 rings (SSSR count). The highest BCUT2D eigenvalue weighted by molar-refractivity contribution is 6.04. The van der Waals surface area contributed by atoms with Crippen LogP contribution < -0.4 is 10.2 Å². The average molecular weight is 749 g/mol. The third kappa shape index (κ3) is 7.23. The Morgan fingerprint density at radius 2 is 1.43 bits per heavy atom. The summed E-state index contributed by atoms with van der Waals surface area (Å²) >= 11 is 0. The number of rotatable bonds is 6. The summed E-state index contributed by atoms with van der Waals surface area (Å²) in [6.07, 6.45) is 1.76. The first-order chi connectivity index (χ1) is 27.0. The van der Waals surface area contributed by atoms with Gasteiger partial charge in [0.05, 0.1) is 12.1 Å². The fraction of sp³-hybridized carbons (Fsp3) is 0.340. The Kier molecular flexibility index (Phi) is 10.3. The van der Waals surface area contributed by atoms with Crippen LogP contribution in [0.1, 0.15) is 61.9 Å². The van der Waals surface area contributed by atoms with E-state index in [2.05, 4.69) is 77.6 Å². The molecule has 3 aliphatic rings. The van der Waals surface area contributed by atoms with Gasteiger partial charge in [-0.25, -0.2) is 4.79 Å². The Morgan fingerprint density at radius 3 is 2.16 bits per heavy atom. The number of fused-ring (bicyclic) bond motifs is 2. The van der Waals surface area contributed by atoms with Crippen LogP contribution in [0, 0.1) is 20.8 Å². The minimum Gasteiger partial charge on any atom is -0.369 e. The highest BCUT2D eigenvalue weighted by Crippen LogP contribution is 2.38. The largest absolute Gasteiger partial charge is 0.369 e. The quantitative estimate of drug-likeness (QED) is 0.193. The molecule has 9 nitrogen and oxygen atoms in total. The second-order valence-electron chi connectivity index (χ2n) is 15.9. The van der Waals surface area contributed by atoms with Crippen molar-refractivity contribution < 1.29 is 14.4 Å². The van der Waals surface area contributed by atoms with Gasteiger partial charge < -0.3 is 24.9 Å². The lowest BCUT2D eigenvalue weighted by Crippen LogP contribution is -2.44. The van der Waals surface area contributed by atoms with Crippen LogP contribution in [-0.2, 0) is 37.1 Å². The number of amides is 3. The molecular formula is C47H52N6O3. The van der Waals surface area contributed by atoms with Gasteiger partial charge in [0.2, 0.25) is 5.91 Å². The Hall–Kier alpha value is -5.67. The highest BCUT2D eigenvalue weighted by Gasteiger charge is 2.33. The molecule has 4 aromatic carbocycles.